The topological polar surface area (TPSA) is 131 Å². The molecule has 4 aromatic rings. The summed E-state index contributed by atoms with van der Waals surface area (Å²) < 4.78 is 14.2. The number of aryl methyl sites for hydroxylation is 1. The Hall–Kier alpha value is -4.33. The summed E-state index contributed by atoms with van der Waals surface area (Å²) in [5.41, 5.74) is 9.60. The fourth-order valence-corrected chi connectivity index (χ4v) is 8.11. The van der Waals surface area contributed by atoms with E-state index in [2.05, 4.69) is 60.3 Å². The molecule has 278 valence electrons. The minimum atomic E-state index is -0.885. The first kappa shape index (κ1) is 37.4. The first-order valence-corrected chi connectivity index (χ1v) is 19.2. The van der Waals surface area contributed by atoms with Crippen LogP contribution < -0.4 is 10.7 Å². The maximum atomic E-state index is 14.0. The van der Waals surface area contributed by atoms with Gasteiger partial charge in [0.05, 0.1) is 34.8 Å². The van der Waals surface area contributed by atoms with Crippen LogP contribution in [0.4, 0.5) is 4.79 Å². The van der Waals surface area contributed by atoms with Gasteiger partial charge in [-0.3, -0.25) is 19.6 Å². The number of urea groups is 1. The number of rotatable bonds is 7. The highest BCUT2D eigenvalue weighted by molar-refractivity contribution is 7.10. The average Bonchev–Trinajstić information content (AvgIpc) is 3.74. The molecule has 1 aromatic carbocycles. The number of cyclic esters (lactones) is 1. The Balaban J connectivity index is 1.49. The second kappa shape index (κ2) is 15.7. The highest BCUT2D eigenvalue weighted by Gasteiger charge is 2.36. The molecule has 52 heavy (non-hydrogen) atoms. The molecule has 0 saturated carbocycles. The number of aromatic nitrogens is 3. The van der Waals surface area contributed by atoms with Gasteiger partial charge < -0.3 is 24.3 Å². The van der Waals surface area contributed by atoms with Crippen LogP contribution in [0.15, 0.2) is 41.9 Å². The molecule has 2 aliphatic rings. The number of methoxy groups -OCH3 is 1. The summed E-state index contributed by atoms with van der Waals surface area (Å²) in [6.07, 6.45) is 4.35. The molecule has 3 amide bonds. The molecule has 2 N–H and O–H groups in total. The maximum Gasteiger partial charge on any atom is 0.324 e. The number of hydrogen-bond donors (Lipinski definition) is 2. The molecule has 0 spiro atoms. The van der Waals surface area contributed by atoms with Crippen molar-refractivity contribution >= 4 is 40.1 Å². The van der Waals surface area contributed by atoms with Gasteiger partial charge in [0.15, 0.2) is 0 Å². The third kappa shape index (κ3) is 7.72. The van der Waals surface area contributed by atoms with Crippen molar-refractivity contribution in [3.63, 3.8) is 0 Å². The number of fused-ring (bicyclic) bond motifs is 6. The van der Waals surface area contributed by atoms with Crippen LogP contribution in [-0.4, -0.2) is 88.3 Å². The van der Waals surface area contributed by atoms with Gasteiger partial charge in [0.2, 0.25) is 0 Å². The number of carbonyl (C=O) groups is 3. The molecule has 0 aliphatic carbocycles. The normalized spacial score (nSPS) is 19.9. The van der Waals surface area contributed by atoms with Crippen LogP contribution >= 0.6 is 11.3 Å². The third-order valence-electron chi connectivity index (χ3n) is 10.0. The van der Waals surface area contributed by atoms with E-state index in [1.165, 1.54) is 16.3 Å². The first-order chi connectivity index (χ1) is 24.9. The summed E-state index contributed by atoms with van der Waals surface area (Å²) in [5, 5.41) is 8.25. The minimum Gasteiger partial charge on any atom is -0.464 e. The lowest BCUT2D eigenvalue weighted by molar-refractivity contribution is -0.155. The van der Waals surface area contributed by atoms with E-state index in [0.717, 1.165) is 62.6 Å². The van der Waals surface area contributed by atoms with Gasteiger partial charge in [0.25, 0.3) is 5.91 Å². The third-order valence-corrected chi connectivity index (χ3v) is 10.9. The number of hydrazine groups is 1. The van der Waals surface area contributed by atoms with E-state index in [4.69, 9.17) is 19.4 Å². The lowest BCUT2D eigenvalue weighted by Crippen LogP contribution is -2.61. The number of benzene rings is 1. The molecule has 12 nitrogen and oxygen atoms in total. The molecule has 13 heteroatoms. The molecule has 0 radical (unpaired) electrons. The Kier molecular flexibility index (Phi) is 11.3. The molecule has 6 rings (SSSR count). The lowest BCUT2D eigenvalue weighted by Gasteiger charge is -2.35. The van der Waals surface area contributed by atoms with E-state index >= 15 is 0 Å². The van der Waals surface area contributed by atoms with Gasteiger partial charge in [-0.2, -0.15) is 0 Å². The number of carbonyl (C=O) groups excluding carboxylic acids is 3. The molecule has 3 aromatic heterocycles. The highest BCUT2D eigenvalue weighted by Crippen LogP contribution is 2.42. The summed E-state index contributed by atoms with van der Waals surface area (Å²) in [6, 6.07) is 8.61. The Morgan fingerprint density at radius 1 is 1.25 bits per heavy atom. The van der Waals surface area contributed by atoms with Crippen LogP contribution in [-0.2, 0) is 38.4 Å². The summed E-state index contributed by atoms with van der Waals surface area (Å²) in [7, 11) is 3.41. The van der Waals surface area contributed by atoms with E-state index in [-0.39, 0.29) is 31.1 Å². The van der Waals surface area contributed by atoms with Gasteiger partial charge in [-0.15, -0.1) is 11.3 Å². The maximum absolute atomic E-state index is 14.0. The summed E-state index contributed by atoms with van der Waals surface area (Å²) in [4.78, 5) is 52.2. The second-order valence-corrected chi connectivity index (χ2v) is 15.6. The predicted molar refractivity (Wildman–Crippen MR) is 203 cm³/mol. The first-order valence-electron chi connectivity index (χ1n) is 18.3. The monoisotopic (exact) mass is 729 g/mol. The van der Waals surface area contributed by atoms with Gasteiger partial charge in [-0.25, -0.2) is 15.2 Å². The fraction of sp³-hybridized carbons (Fsp3) is 0.513. The largest absolute Gasteiger partial charge is 0.464 e. The number of thiazole rings is 1. The molecule has 1 saturated heterocycles. The molecule has 6 bridgehead atoms. The van der Waals surface area contributed by atoms with E-state index in [1.807, 2.05) is 25.3 Å². The van der Waals surface area contributed by atoms with Crippen LogP contribution in [0.25, 0.3) is 33.4 Å². The van der Waals surface area contributed by atoms with Crippen LogP contribution in [0.5, 0.6) is 0 Å². The molecular weight excluding hydrogens is 679 g/mol. The predicted octanol–water partition coefficient (Wildman–Crippen LogP) is 6.14. The Labute approximate surface area is 309 Å². The molecular formula is C39H51N7O5S. The van der Waals surface area contributed by atoms with Crippen molar-refractivity contribution in [2.24, 2.45) is 5.41 Å². The van der Waals surface area contributed by atoms with Crippen molar-refractivity contribution in [2.45, 2.75) is 91.5 Å². The number of esters is 1. The zero-order chi connectivity index (χ0) is 37.2. The fourth-order valence-electron chi connectivity index (χ4n) is 7.26. The second-order valence-electron chi connectivity index (χ2n) is 14.6. The Bertz CT molecular complexity index is 1940. The summed E-state index contributed by atoms with van der Waals surface area (Å²) >= 11 is 1.47. The molecule has 1 fully saturated rings. The van der Waals surface area contributed by atoms with Crippen molar-refractivity contribution in [3.05, 3.63) is 58.2 Å². The van der Waals surface area contributed by atoms with Crippen LogP contribution in [0, 0.1) is 5.41 Å². The van der Waals surface area contributed by atoms with Gasteiger partial charge in [0, 0.05) is 79.2 Å². The highest BCUT2D eigenvalue weighted by atomic mass is 32.1. The smallest absolute Gasteiger partial charge is 0.324 e. The van der Waals surface area contributed by atoms with E-state index < -0.39 is 23.5 Å². The Morgan fingerprint density at radius 3 is 2.81 bits per heavy atom. The van der Waals surface area contributed by atoms with Crippen molar-refractivity contribution in [2.75, 3.05) is 33.9 Å². The number of ether oxygens (including phenoxy) is 2. The quantitative estimate of drug-likeness (QED) is 0.217. The van der Waals surface area contributed by atoms with E-state index in [9.17, 15) is 14.4 Å². The zero-order valence-electron chi connectivity index (χ0n) is 31.3. The molecule has 3 atom stereocenters. The number of amides is 3. The van der Waals surface area contributed by atoms with Gasteiger partial charge >= 0.3 is 12.0 Å². The van der Waals surface area contributed by atoms with Crippen LogP contribution in [0.2, 0.25) is 0 Å². The van der Waals surface area contributed by atoms with E-state index in [1.54, 1.807) is 25.3 Å². The van der Waals surface area contributed by atoms with Crippen molar-refractivity contribution in [1.29, 1.82) is 0 Å². The van der Waals surface area contributed by atoms with Crippen molar-refractivity contribution in [1.82, 2.24) is 35.2 Å². The van der Waals surface area contributed by atoms with Crippen molar-refractivity contribution in [3.8, 4) is 22.5 Å². The molecule has 2 aliphatic heterocycles. The summed E-state index contributed by atoms with van der Waals surface area (Å²) in [6.45, 7) is 12.3. The number of nitrogens with zero attached hydrogens (tertiary/aromatic N) is 5. The van der Waals surface area contributed by atoms with Crippen LogP contribution in [0.1, 0.15) is 76.3 Å². The van der Waals surface area contributed by atoms with Gasteiger partial charge in [-0.05, 0) is 69.4 Å². The minimum absolute atomic E-state index is 0.183. The molecule has 0 unspecified atom stereocenters. The van der Waals surface area contributed by atoms with E-state index in [0.29, 0.717) is 32.4 Å². The van der Waals surface area contributed by atoms with Crippen LogP contribution in [0.3, 0.4) is 0 Å². The molecule has 5 heterocycles. The average molecular weight is 730 g/mol. The number of pyridine rings is 1. The van der Waals surface area contributed by atoms with Crippen molar-refractivity contribution < 1.29 is 23.9 Å². The van der Waals surface area contributed by atoms with Gasteiger partial charge in [0.1, 0.15) is 12.1 Å². The lowest BCUT2D eigenvalue weighted by atomic mass is 9.84. The number of hydrogen-bond acceptors (Lipinski definition) is 9. The SMILES string of the molecule is CCCN(C)C(=O)N[C@H]1Cc2nc(cs2)-c2ccc3c(c2)c(c(-c2cccnc2[C@H](C)OC)n3CC)CC(C)(C)COC(=O)[C@@H]2CCCN(N2)C1=O. The number of nitrogens with one attached hydrogen (secondary N) is 2. The van der Waals surface area contributed by atoms with Gasteiger partial charge in [-0.1, -0.05) is 26.8 Å². The Morgan fingerprint density at radius 2 is 2.06 bits per heavy atom. The standard InChI is InChI=1S/C39H51N7O5S/c1-8-17-44(6)38(49)42-30-20-33-41-31(22-52-33)25-14-15-32-27(19-25)28(35(45(32)9-2)26-12-10-16-40-34(26)24(3)50-7)21-39(4,5)23-51-37(48)29-13-11-18-46(43-29)36(30)47/h10,12,14-16,19,22,24,29-30,43H,8-9,11,13,17-18,20-21,23H2,1-7H3,(H,42,49)/t24-,29-,30-/m0/s1. The summed E-state index contributed by atoms with van der Waals surface area (Å²) in [5.74, 6) is -0.715. The zero-order valence-corrected chi connectivity index (χ0v) is 32.1.